The van der Waals surface area contributed by atoms with E-state index in [9.17, 15) is 0 Å². The summed E-state index contributed by atoms with van der Waals surface area (Å²) < 4.78 is 5.40. The average molecular weight is 286 g/mol. The second-order valence-corrected chi connectivity index (χ2v) is 5.30. The van der Waals surface area contributed by atoms with Gasteiger partial charge in [0.15, 0.2) is 0 Å². The molecule has 0 radical (unpaired) electrons. The second-order valence-electron chi connectivity index (χ2n) is 4.44. The van der Waals surface area contributed by atoms with Gasteiger partial charge in [0.05, 0.1) is 24.6 Å². The molecule has 0 saturated heterocycles. The number of ether oxygens (including phenoxy) is 1. The van der Waals surface area contributed by atoms with Crippen molar-refractivity contribution in [3.63, 3.8) is 0 Å². The Morgan fingerprint density at radius 2 is 2.15 bits per heavy atom. The molecule has 0 spiro atoms. The molecule has 0 saturated carbocycles. The smallest absolute Gasteiger partial charge is 0.129 e. The Labute approximate surface area is 120 Å². The molecule has 0 atom stereocenters. The van der Waals surface area contributed by atoms with E-state index in [0.717, 1.165) is 33.1 Å². The molecule has 20 heavy (non-hydrogen) atoms. The number of hydrogen-bond acceptors (Lipinski definition) is 5. The van der Waals surface area contributed by atoms with Gasteiger partial charge in [-0.3, -0.25) is 5.10 Å². The minimum atomic E-state index is 0.530. The van der Waals surface area contributed by atoms with Gasteiger partial charge in [0.2, 0.25) is 0 Å². The second kappa shape index (κ2) is 4.97. The number of nitrogens with zero attached hydrogens (tertiary/aromatic N) is 2. The number of benzene rings is 1. The highest BCUT2D eigenvalue weighted by atomic mass is 32.1. The van der Waals surface area contributed by atoms with E-state index in [2.05, 4.69) is 21.2 Å². The molecule has 102 valence electrons. The number of nitrogen functional groups attached to an aromatic ring is 1. The fourth-order valence-electron chi connectivity index (χ4n) is 2.01. The van der Waals surface area contributed by atoms with Gasteiger partial charge in [0.25, 0.3) is 0 Å². The van der Waals surface area contributed by atoms with E-state index in [-0.39, 0.29) is 0 Å². The summed E-state index contributed by atoms with van der Waals surface area (Å²) in [5.41, 5.74) is 9.68. The highest BCUT2D eigenvalue weighted by Crippen LogP contribution is 2.35. The summed E-state index contributed by atoms with van der Waals surface area (Å²) in [4.78, 5) is 4.63. The first-order valence-corrected chi connectivity index (χ1v) is 6.96. The number of aromatic nitrogens is 3. The van der Waals surface area contributed by atoms with E-state index in [1.807, 2.05) is 24.4 Å². The first-order chi connectivity index (χ1) is 9.69. The Morgan fingerprint density at radius 3 is 2.85 bits per heavy atom. The summed E-state index contributed by atoms with van der Waals surface area (Å²) in [7, 11) is 1.66. The largest absolute Gasteiger partial charge is 0.496 e. The normalized spacial score (nSPS) is 10.7. The molecule has 1 aromatic carbocycles. The first kappa shape index (κ1) is 12.7. The van der Waals surface area contributed by atoms with Crippen molar-refractivity contribution in [2.24, 2.45) is 0 Å². The number of nitrogens with one attached hydrogen (secondary N) is 1. The molecule has 3 rings (SSSR count). The van der Waals surface area contributed by atoms with E-state index >= 15 is 0 Å². The number of hydrogen-bond donors (Lipinski definition) is 2. The number of rotatable bonds is 3. The van der Waals surface area contributed by atoms with Gasteiger partial charge in [0, 0.05) is 10.9 Å². The Hall–Kier alpha value is -2.34. The highest BCUT2D eigenvalue weighted by Gasteiger charge is 2.13. The van der Waals surface area contributed by atoms with Crippen molar-refractivity contribution in [2.75, 3.05) is 12.8 Å². The van der Waals surface area contributed by atoms with E-state index in [0.29, 0.717) is 5.82 Å². The van der Waals surface area contributed by atoms with E-state index in [1.165, 1.54) is 11.3 Å². The lowest BCUT2D eigenvalue weighted by Crippen LogP contribution is -1.90. The fourth-order valence-corrected chi connectivity index (χ4v) is 2.85. The standard InChI is InChI=1S/C14H14N4OS/c1-8-3-4-12(19-2)9(5-8)11-7-20-14(17-11)10-6-16-18-13(10)15/h3-7H,1-2H3,(H3,15,16,18). The molecule has 6 heteroatoms. The Balaban J connectivity index is 2.07. The van der Waals surface area contributed by atoms with Crippen LogP contribution in [0.15, 0.2) is 29.8 Å². The van der Waals surface area contributed by atoms with Crippen LogP contribution < -0.4 is 10.5 Å². The predicted octanol–water partition coefficient (Wildman–Crippen LogP) is 3.10. The number of H-pyrrole nitrogens is 1. The summed E-state index contributed by atoms with van der Waals surface area (Å²) in [5, 5.41) is 9.48. The van der Waals surface area contributed by atoms with Crippen LogP contribution in [-0.2, 0) is 0 Å². The van der Waals surface area contributed by atoms with E-state index in [1.54, 1.807) is 13.3 Å². The number of nitrogens with two attached hydrogens (primary N) is 1. The summed E-state index contributed by atoms with van der Waals surface area (Å²) in [6, 6.07) is 6.04. The molecule has 0 aliphatic heterocycles. The van der Waals surface area contributed by atoms with Crippen LogP contribution in [0.5, 0.6) is 5.75 Å². The zero-order valence-corrected chi connectivity index (χ0v) is 12.0. The van der Waals surface area contributed by atoms with Crippen molar-refractivity contribution in [3.05, 3.63) is 35.3 Å². The molecule has 0 amide bonds. The lowest BCUT2D eigenvalue weighted by Gasteiger charge is -2.06. The van der Waals surface area contributed by atoms with Gasteiger partial charge in [-0.25, -0.2) is 4.98 Å². The Bertz CT molecular complexity index is 747. The maximum atomic E-state index is 5.82. The van der Waals surface area contributed by atoms with Gasteiger partial charge in [-0.2, -0.15) is 5.10 Å². The van der Waals surface area contributed by atoms with Crippen LogP contribution in [0.2, 0.25) is 0 Å². The Kier molecular flexibility index (Phi) is 3.15. The predicted molar refractivity (Wildman–Crippen MR) is 80.8 cm³/mol. The van der Waals surface area contributed by atoms with Crippen molar-refractivity contribution in [1.29, 1.82) is 0 Å². The van der Waals surface area contributed by atoms with Crippen molar-refractivity contribution >= 4 is 17.2 Å². The summed E-state index contributed by atoms with van der Waals surface area (Å²) in [6.45, 7) is 2.05. The van der Waals surface area contributed by atoms with Gasteiger partial charge in [-0.15, -0.1) is 11.3 Å². The van der Waals surface area contributed by atoms with Crippen molar-refractivity contribution in [1.82, 2.24) is 15.2 Å². The van der Waals surface area contributed by atoms with Crippen molar-refractivity contribution in [3.8, 4) is 27.6 Å². The first-order valence-electron chi connectivity index (χ1n) is 6.09. The van der Waals surface area contributed by atoms with Crippen LogP contribution in [0.1, 0.15) is 5.56 Å². The number of anilines is 1. The number of aryl methyl sites for hydroxylation is 1. The van der Waals surface area contributed by atoms with E-state index in [4.69, 9.17) is 10.5 Å². The third-order valence-corrected chi connectivity index (χ3v) is 3.91. The molecule has 0 aliphatic rings. The quantitative estimate of drug-likeness (QED) is 0.775. The third kappa shape index (κ3) is 2.14. The molecule has 2 heterocycles. The van der Waals surface area contributed by atoms with Gasteiger partial charge < -0.3 is 10.5 Å². The molecule has 2 aromatic heterocycles. The monoisotopic (exact) mass is 286 g/mol. The maximum Gasteiger partial charge on any atom is 0.129 e. The molecule has 5 nitrogen and oxygen atoms in total. The third-order valence-electron chi connectivity index (χ3n) is 3.03. The molecule has 0 fully saturated rings. The van der Waals surface area contributed by atoms with Crippen LogP contribution in [0, 0.1) is 6.92 Å². The highest BCUT2D eigenvalue weighted by molar-refractivity contribution is 7.13. The summed E-state index contributed by atoms with van der Waals surface area (Å²) in [5.74, 6) is 1.34. The minimum Gasteiger partial charge on any atom is -0.496 e. The molecule has 3 N–H and O–H groups in total. The maximum absolute atomic E-state index is 5.82. The van der Waals surface area contributed by atoms with Gasteiger partial charge in [-0.05, 0) is 19.1 Å². The molecule has 0 unspecified atom stereocenters. The molecule has 0 bridgehead atoms. The van der Waals surface area contributed by atoms with Gasteiger partial charge >= 0.3 is 0 Å². The summed E-state index contributed by atoms with van der Waals surface area (Å²) >= 11 is 1.53. The SMILES string of the molecule is COc1ccc(C)cc1-c1csc(-c2cn[nH]c2N)n1. The number of methoxy groups -OCH3 is 1. The van der Waals surface area contributed by atoms with Crippen molar-refractivity contribution < 1.29 is 4.74 Å². The van der Waals surface area contributed by atoms with Crippen LogP contribution in [0.3, 0.4) is 0 Å². The molecule has 0 aliphatic carbocycles. The van der Waals surface area contributed by atoms with Crippen molar-refractivity contribution in [2.45, 2.75) is 6.92 Å². The van der Waals surface area contributed by atoms with Crippen LogP contribution in [0.25, 0.3) is 21.8 Å². The molecular weight excluding hydrogens is 272 g/mol. The van der Waals surface area contributed by atoms with E-state index < -0.39 is 0 Å². The van der Waals surface area contributed by atoms with Crippen LogP contribution in [0.4, 0.5) is 5.82 Å². The summed E-state index contributed by atoms with van der Waals surface area (Å²) in [6.07, 6.45) is 1.69. The zero-order chi connectivity index (χ0) is 14.1. The van der Waals surface area contributed by atoms with Gasteiger partial charge in [-0.1, -0.05) is 11.6 Å². The fraction of sp³-hybridized carbons (Fsp3) is 0.143. The van der Waals surface area contributed by atoms with Gasteiger partial charge in [0.1, 0.15) is 16.6 Å². The molecule has 3 aromatic rings. The Morgan fingerprint density at radius 1 is 1.30 bits per heavy atom. The lowest BCUT2D eigenvalue weighted by molar-refractivity contribution is 0.416. The number of aromatic amines is 1. The lowest BCUT2D eigenvalue weighted by atomic mass is 10.1. The van der Waals surface area contributed by atoms with Crippen LogP contribution >= 0.6 is 11.3 Å². The minimum absolute atomic E-state index is 0.530. The molecular formula is C14H14N4OS. The number of thiazole rings is 1. The van der Waals surface area contributed by atoms with Crippen LogP contribution in [-0.4, -0.2) is 22.3 Å². The topological polar surface area (TPSA) is 76.8 Å². The zero-order valence-electron chi connectivity index (χ0n) is 11.2. The average Bonchev–Trinajstić information content (AvgIpc) is 3.07.